The van der Waals surface area contributed by atoms with Crippen LogP contribution in [0.1, 0.15) is 12.0 Å². The maximum Gasteiger partial charge on any atom is 0.307 e. The van der Waals surface area contributed by atoms with E-state index in [1.165, 1.54) is 12.7 Å². The van der Waals surface area contributed by atoms with Crippen LogP contribution in [0.2, 0.25) is 0 Å². The summed E-state index contributed by atoms with van der Waals surface area (Å²) in [6.07, 6.45) is 3.62. The Kier molecular flexibility index (Phi) is 4.94. The van der Waals surface area contributed by atoms with Crippen molar-refractivity contribution in [1.29, 1.82) is 0 Å². The number of fused-ring (bicyclic) bond motifs is 1. The van der Waals surface area contributed by atoms with Crippen LogP contribution in [0.25, 0.3) is 0 Å². The number of ether oxygens (including phenoxy) is 1. The molecule has 1 N–H and O–H groups in total. The molecule has 0 radical (unpaired) electrons. The van der Waals surface area contributed by atoms with E-state index in [9.17, 15) is 14.5 Å². The monoisotopic (exact) mass is 395 g/mol. The molecular formula is C20H18FN5O3. The van der Waals surface area contributed by atoms with E-state index in [-0.39, 0.29) is 17.4 Å². The maximum atomic E-state index is 13.9. The van der Waals surface area contributed by atoms with Gasteiger partial charge in [-0.15, -0.1) is 0 Å². The summed E-state index contributed by atoms with van der Waals surface area (Å²) in [5, 5.41) is 14.0. The summed E-state index contributed by atoms with van der Waals surface area (Å²) < 4.78 is 19.0. The molecular weight excluding hydrogens is 377 g/mol. The Morgan fingerprint density at radius 3 is 2.90 bits per heavy atom. The number of hydrogen-bond acceptors (Lipinski definition) is 7. The van der Waals surface area contributed by atoms with Gasteiger partial charge < -0.3 is 15.0 Å². The smallest absolute Gasteiger partial charge is 0.307 e. The number of rotatable bonds is 5. The van der Waals surface area contributed by atoms with Gasteiger partial charge in [0.25, 0.3) is 0 Å². The van der Waals surface area contributed by atoms with Gasteiger partial charge >= 0.3 is 5.69 Å². The molecule has 0 bridgehead atoms. The van der Waals surface area contributed by atoms with Crippen LogP contribution in [0.15, 0.2) is 48.7 Å². The van der Waals surface area contributed by atoms with Crippen molar-refractivity contribution < 1.29 is 14.1 Å². The van der Waals surface area contributed by atoms with Gasteiger partial charge in [0.15, 0.2) is 0 Å². The van der Waals surface area contributed by atoms with Gasteiger partial charge in [0.05, 0.1) is 17.7 Å². The first kappa shape index (κ1) is 18.6. The zero-order chi connectivity index (χ0) is 20.4. The van der Waals surface area contributed by atoms with Crippen molar-refractivity contribution in [2.75, 3.05) is 23.9 Å². The number of nitro benzene ring substituents is 1. The van der Waals surface area contributed by atoms with Crippen LogP contribution in [-0.4, -0.2) is 28.5 Å². The van der Waals surface area contributed by atoms with E-state index in [0.717, 1.165) is 37.2 Å². The van der Waals surface area contributed by atoms with Gasteiger partial charge in [-0.3, -0.25) is 10.1 Å². The highest BCUT2D eigenvalue weighted by atomic mass is 19.1. The fourth-order valence-electron chi connectivity index (χ4n) is 3.40. The molecule has 3 aromatic rings. The molecule has 0 aliphatic carbocycles. The van der Waals surface area contributed by atoms with E-state index in [1.54, 1.807) is 12.3 Å². The number of benzene rings is 2. The number of para-hydroxylation sites is 1. The number of halogens is 1. The van der Waals surface area contributed by atoms with Crippen molar-refractivity contribution in [3.63, 3.8) is 0 Å². The Labute approximate surface area is 166 Å². The number of methoxy groups -OCH3 is 1. The Hall–Kier alpha value is -3.75. The number of hydrogen-bond donors (Lipinski definition) is 1. The average Bonchev–Trinajstić information content (AvgIpc) is 2.74. The third-order valence-corrected chi connectivity index (χ3v) is 4.74. The molecule has 0 saturated heterocycles. The number of nitro groups is 1. The highest BCUT2D eigenvalue weighted by molar-refractivity contribution is 5.69. The van der Waals surface area contributed by atoms with Gasteiger partial charge in [-0.2, -0.15) is 9.37 Å². The average molecular weight is 395 g/mol. The zero-order valence-corrected chi connectivity index (χ0v) is 15.6. The molecule has 1 aliphatic heterocycles. The van der Waals surface area contributed by atoms with Crippen molar-refractivity contribution in [3.8, 4) is 5.75 Å². The van der Waals surface area contributed by atoms with Gasteiger partial charge in [-0.25, -0.2) is 4.98 Å². The molecule has 0 fully saturated rings. The minimum Gasteiger partial charge on any atom is -0.494 e. The molecule has 1 aromatic heterocycles. The molecule has 0 atom stereocenters. The minimum absolute atomic E-state index is 0.116. The largest absolute Gasteiger partial charge is 0.494 e. The van der Waals surface area contributed by atoms with E-state index < -0.39 is 16.4 Å². The number of anilines is 4. The summed E-state index contributed by atoms with van der Waals surface area (Å²) in [5.41, 5.74) is 1.90. The van der Waals surface area contributed by atoms with E-state index in [4.69, 9.17) is 4.74 Å². The molecule has 148 valence electrons. The second kappa shape index (κ2) is 7.70. The molecule has 1 aliphatic rings. The Bertz CT molecular complexity index is 1080. The topological polar surface area (TPSA) is 93.4 Å². The molecule has 0 unspecified atom stereocenters. The molecule has 29 heavy (non-hydrogen) atoms. The van der Waals surface area contributed by atoms with Crippen molar-refractivity contribution >= 4 is 28.8 Å². The van der Waals surface area contributed by atoms with E-state index in [1.807, 2.05) is 12.1 Å². The fraction of sp³-hybridized carbons (Fsp3) is 0.200. The highest BCUT2D eigenvalue weighted by Crippen LogP contribution is 2.35. The molecule has 2 heterocycles. The summed E-state index contributed by atoms with van der Waals surface area (Å²) in [6, 6.07) is 12.0. The SMILES string of the molecule is COc1cc(F)c([N+](=O)[O-])cc1Nc1nccc(N2CCCc3ccccc32)n1. The predicted molar refractivity (Wildman–Crippen MR) is 107 cm³/mol. The van der Waals surface area contributed by atoms with Crippen LogP contribution in [0.5, 0.6) is 5.75 Å². The number of nitrogens with zero attached hydrogens (tertiary/aromatic N) is 4. The van der Waals surface area contributed by atoms with Crippen molar-refractivity contribution in [1.82, 2.24) is 9.97 Å². The summed E-state index contributed by atoms with van der Waals surface area (Å²) in [7, 11) is 1.35. The Balaban J connectivity index is 1.68. The minimum atomic E-state index is -0.975. The third-order valence-electron chi connectivity index (χ3n) is 4.74. The quantitative estimate of drug-likeness (QED) is 0.507. The van der Waals surface area contributed by atoms with Crippen molar-refractivity contribution in [2.45, 2.75) is 12.8 Å². The maximum absolute atomic E-state index is 13.9. The van der Waals surface area contributed by atoms with Crippen LogP contribution in [-0.2, 0) is 6.42 Å². The predicted octanol–water partition coefficient (Wildman–Crippen LogP) is 4.36. The summed E-state index contributed by atoms with van der Waals surface area (Å²) >= 11 is 0. The Morgan fingerprint density at radius 1 is 1.28 bits per heavy atom. The first-order valence-corrected chi connectivity index (χ1v) is 9.04. The van der Waals surface area contributed by atoms with Crippen LogP contribution >= 0.6 is 0 Å². The summed E-state index contributed by atoms with van der Waals surface area (Å²) in [5.74, 6) is 0.0670. The molecule has 0 spiro atoms. The lowest BCUT2D eigenvalue weighted by molar-refractivity contribution is -0.387. The molecule has 8 nitrogen and oxygen atoms in total. The lowest BCUT2D eigenvalue weighted by Gasteiger charge is -2.30. The standard InChI is InChI=1S/C20H18FN5O3/c1-29-18-11-14(21)17(26(27)28)12-15(18)23-20-22-9-8-19(24-20)25-10-4-6-13-5-2-3-7-16(13)25/h2-3,5,7-9,11-12H,4,6,10H2,1H3,(H,22,23,24). The van der Waals surface area contributed by atoms with Crippen LogP contribution in [0, 0.1) is 15.9 Å². The van der Waals surface area contributed by atoms with Crippen LogP contribution in [0.3, 0.4) is 0 Å². The lowest BCUT2D eigenvalue weighted by Crippen LogP contribution is -2.25. The second-order valence-corrected chi connectivity index (χ2v) is 6.51. The molecule has 0 amide bonds. The fourth-order valence-corrected chi connectivity index (χ4v) is 3.40. The van der Waals surface area contributed by atoms with E-state index >= 15 is 0 Å². The number of aryl methyl sites for hydroxylation is 1. The van der Waals surface area contributed by atoms with Gasteiger partial charge in [-0.05, 0) is 30.5 Å². The van der Waals surface area contributed by atoms with Crippen LogP contribution in [0.4, 0.5) is 33.2 Å². The molecule has 2 aromatic carbocycles. The lowest BCUT2D eigenvalue weighted by atomic mass is 10.0. The number of aromatic nitrogens is 2. The molecule has 4 rings (SSSR count). The van der Waals surface area contributed by atoms with Gasteiger partial charge in [0, 0.05) is 30.6 Å². The molecule has 0 saturated carbocycles. The van der Waals surface area contributed by atoms with Gasteiger partial charge in [0.2, 0.25) is 11.8 Å². The third kappa shape index (κ3) is 3.66. The second-order valence-electron chi connectivity index (χ2n) is 6.51. The molecule has 9 heteroatoms. The first-order valence-electron chi connectivity index (χ1n) is 9.04. The Morgan fingerprint density at radius 2 is 2.10 bits per heavy atom. The zero-order valence-electron chi connectivity index (χ0n) is 15.6. The van der Waals surface area contributed by atoms with E-state index in [0.29, 0.717) is 5.82 Å². The highest BCUT2D eigenvalue weighted by Gasteiger charge is 2.21. The van der Waals surface area contributed by atoms with Gasteiger partial charge in [-0.1, -0.05) is 18.2 Å². The summed E-state index contributed by atoms with van der Waals surface area (Å²) in [4.78, 5) is 21.1. The number of nitrogens with one attached hydrogen (secondary N) is 1. The first-order chi connectivity index (χ1) is 14.1. The van der Waals surface area contributed by atoms with E-state index in [2.05, 4.69) is 32.3 Å². The normalized spacial score (nSPS) is 13.0. The van der Waals surface area contributed by atoms with Gasteiger partial charge in [0.1, 0.15) is 11.6 Å². The summed E-state index contributed by atoms with van der Waals surface area (Å²) in [6.45, 7) is 0.818. The van der Waals surface area contributed by atoms with Crippen molar-refractivity contribution in [2.24, 2.45) is 0 Å². The van der Waals surface area contributed by atoms with Crippen molar-refractivity contribution in [3.05, 3.63) is 70.2 Å². The van der Waals surface area contributed by atoms with Crippen LogP contribution < -0.4 is 15.0 Å².